The molecule has 0 saturated heterocycles. The Morgan fingerprint density at radius 1 is 1.33 bits per heavy atom. The Balaban J connectivity index is 2.84. The third-order valence-corrected chi connectivity index (χ3v) is 1.90. The Hall–Kier alpha value is -2.64. The van der Waals surface area contributed by atoms with Crippen molar-refractivity contribution in [2.75, 3.05) is 11.9 Å². The second-order valence-corrected chi connectivity index (χ2v) is 3.24. The molecule has 0 saturated carbocycles. The van der Waals surface area contributed by atoms with Crippen LogP contribution in [0.5, 0.6) is 0 Å². The van der Waals surface area contributed by atoms with E-state index in [1.165, 1.54) is 12.1 Å². The van der Waals surface area contributed by atoms with Crippen molar-refractivity contribution in [2.45, 2.75) is 0 Å². The molecule has 0 unspecified atom stereocenters. The smallest absolute Gasteiger partial charge is 0.340 e. The molecule has 0 heterocycles. The molecule has 1 aromatic rings. The maximum absolute atomic E-state index is 13.2. The monoisotopic (exact) mass is 255 g/mol. The lowest BCUT2D eigenvalue weighted by Gasteiger charge is -2.09. The summed E-state index contributed by atoms with van der Waals surface area (Å²) in [5, 5.41) is 13.0. The van der Waals surface area contributed by atoms with E-state index in [2.05, 4.69) is 10.6 Å². The molecule has 5 N–H and O–H groups in total. The second kappa shape index (κ2) is 5.62. The Morgan fingerprint density at radius 2 is 2.00 bits per heavy atom. The third kappa shape index (κ3) is 3.44. The zero-order valence-corrected chi connectivity index (χ0v) is 9.07. The summed E-state index contributed by atoms with van der Waals surface area (Å²) >= 11 is 0. The van der Waals surface area contributed by atoms with Crippen LogP contribution in [0.15, 0.2) is 18.2 Å². The van der Waals surface area contributed by atoms with Gasteiger partial charge in [0.25, 0.3) is 0 Å². The maximum Gasteiger partial charge on any atom is 0.340 e. The number of nitrogens with one attached hydrogen (secondary N) is 2. The fraction of sp³-hybridized carbons (Fsp3) is 0.100. The standard InChI is InChI=1S/C10H10FN3O4/c11-5-2-1-3-6(8(5)9(16)17)14-10(18)13-4-7(12)15/h1-3H,4H2,(H2,12,15)(H,16,17)(H2,13,14,18). The van der Waals surface area contributed by atoms with Crippen LogP contribution >= 0.6 is 0 Å². The predicted molar refractivity (Wildman–Crippen MR) is 59.6 cm³/mol. The van der Waals surface area contributed by atoms with Crippen molar-refractivity contribution >= 4 is 23.6 Å². The van der Waals surface area contributed by atoms with Crippen LogP contribution in [0.2, 0.25) is 0 Å². The number of aromatic carboxylic acids is 1. The summed E-state index contributed by atoms with van der Waals surface area (Å²) in [5.41, 5.74) is 3.92. The molecule has 0 fully saturated rings. The molecule has 3 amide bonds. The number of anilines is 1. The lowest BCUT2D eigenvalue weighted by molar-refractivity contribution is -0.117. The summed E-state index contributed by atoms with van der Waals surface area (Å²) in [6, 6.07) is 2.56. The van der Waals surface area contributed by atoms with E-state index in [4.69, 9.17) is 10.8 Å². The number of primary amides is 1. The first-order chi connectivity index (χ1) is 8.41. The number of carboxylic acid groups (broad SMARTS) is 1. The van der Waals surface area contributed by atoms with E-state index in [0.29, 0.717) is 0 Å². The van der Waals surface area contributed by atoms with Crippen LogP contribution in [0.3, 0.4) is 0 Å². The molecular weight excluding hydrogens is 245 g/mol. The first-order valence-electron chi connectivity index (χ1n) is 4.76. The van der Waals surface area contributed by atoms with Gasteiger partial charge in [0.1, 0.15) is 11.4 Å². The van der Waals surface area contributed by atoms with Gasteiger partial charge in [-0.05, 0) is 12.1 Å². The third-order valence-electron chi connectivity index (χ3n) is 1.90. The van der Waals surface area contributed by atoms with Gasteiger partial charge >= 0.3 is 12.0 Å². The van der Waals surface area contributed by atoms with Crippen LogP contribution in [0.4, 0.5) is 14.9 Å². The molecule has 18 heavy (non-hydrogen) atoms. The molecule has 0 radical (unpaired) electrons. The van der Waals surface area contributed by atoms with Crippen molar-refractivity contribution in [2.24, 2.45) is 5.73 Å². The summed E-state index contributed by atoms with van der Waals surface area (Å²) in [7, 11) is 0. The van der Waals surface area contributed by atoms with Gasteiger partial charge in [0.15, 0.2) is 0 Å². The van der Waals surface area contributed by atoms with E-state index in [9.17, 15) is 18.8 Å². The zero-order chi connectivity index (χ0) is 13.7. The van der Waals surface area contributed by atoms with Gasteiger partial charge in [-0.3, -0.25) is 4.79 Å². The minimum atomic E-state index is -1.52. The van der Waals surface area contributed by atoms with E-state index in [1.807, 2.05) is 0 Å². The lowest BCUT2D eigenvalue weighted by atomic mass is 10.1. The number of nitrogens with two attached hydrogens (primary N) is 1. The van der Waals surface area contributed by atoms with Crippen molar-refractivity contribution in [1.29, 1.82) is 0 Å². The molecule has 8 heteroatoms. The molecule has 0 bridgehead atoms. The van der Waals surface area contributed by atoms with Gasteiger partial charge in [-0.1, -0.05) is 6.07 Å². The number of rotatable bonds is 4. The molecule has 0 aliphatic rings. The van der Waals surface area contributed by atoms with Crippen LogP contribution in [0.25, 0.3) is 0 Å². The highest BCUT2D eigenvalue weighted by Gasteiger charge is 2.17. The predicted octanol–water partition coefficient (Wildman–Crippen LogP) is 0.131. The highest BCUT2D eigenvalue weighted by atomic mass is 19.1. The first-order valence-corrected chi connectivity index (χ1v) is 4.76. The van der Waals surface area contributed by atoms with Gasteiger partial charge in [0.2, 0.25) is 5.91 Å². The molecular formula is C10H10FN3O4. The Morgan fingerprint density at radius 3 is 2.56 bits per heavy atom. The highest BCUT2D eigenvalue weighted by Crippen LogP contribution is 2.18. The van der Waals surface area contributed by atoms with Crippen LogP contribution in [0.1, 0.15) is 10.4 Å². The molecule has 0 aromatic heterocycles. The average Bonchev–Trinajstić information content (AvgIpc) is 2.26. The lowest BCUT2D eigenvalue weighted by Crippen LogP contribution is -2.36. The van der Waals surface area contributed by atoms with Crippen molar-refractivity contribution in [1.82, 2.24) is 5.32 Å². The van der Waals surface area contributed by atoms with E-state index in [0.717, 1.165) is 6.07 Å². The molecule has 7 nitrogen and oxygen atoms in total. The number of benzene rings is 1. The zero-order valence-electron chi connectivity index (χ0n) is 9.07. The van der Waals surface area contributed by atoms with Crippen LogP contribution in [0, 0.1) is 5.82 Å². The minimum absolute atomic E-state index is 0.218. The summed E-state index contributed by atoms with van der Waals surface area (Å²) in [6.07, 6.45) is 0. The normalized spacial score (nSPS) is 9.61. The summed E-state index contributed by atoms with van der Waals surface area (Å²) in [4.78, 5) is 32.5. The van der Waals surface area contributed by atoms with E-state index in [-0.39, 0.29) is 5.69 Å². The van der Waals surface area contributed by atoms with Gasteiger partial charge in [-0.2, -0.15) is 0 Å². The van der Waals surface area contributed by atoms with Crippen molar-refractivity contribution in [3.05, 3.63) is 29.6 Å². The van der Waals surface area contributed by atoms with Gasteiger partial charge in [0, 0.05) is 0 Å². The molecule has 0 aliphatic heterocycles. The summed E-state index contributed by atoms with van der Waals surface area (Å²) in [5.74, 6) is -3.25. The Kier molecular flexibility index (Phi) is 4.19. The summed E-state index contributed by atoms with van der Waals surface area (Å²) < 4.78 is 13.2. The van der Waals surface area contributed by atoms with Gasteiger partial charge in [-0.15, -0.1) is 0 Å². The first kappa shape index (κ1) is 13.4. The molecule has 1 rings (SSSR count). The minimum Gasteiger partial charge on any atom is -0.478 e. The Labute approximate surface area is 101 Å². The molecule has 0 spiro atoms. The van der Waals surface area contributed by atoms with Crippen LogP contribution in [-0.2, 0) is 4.79 Å². The van der Waals surface area contributed by atoms with E-state index in [1.54, 1.807) is 0 Å². The maximum atomic E-state index is 13.2. The fourth-order valence-corrected chi connectivity index (χ4v) is 1.18. The van der Waals surface area contributed by atoms with Crippen molar-refractivity contribution < 1.29 is 23.9 Å². The van der Waals surface area contributed by atoms with Gasteiger partial charge in [-0.25, -0.2) is 14.0 Å². The number of hydrogen-bond acceptors (Lipinski definition) is 3. The average molecular weight is 255 g/mol. The number of amides is 3. The number of carboxylic acids is 1. The van der Waals surface area contributed by atoms with Gasteiger partial charge < -0.3 is 21.5 Å². The molecule has 1 aromatic carbocycles. The van der Waals surface area contributed by atoms with Crippen molar-refractivity contribution in [3.63, 3.8) is 0 Å². The number of carbonyl (C=O) groups is 3. The Bertz CT molecular complexity index is 504. The topological polar surface area (TPSA) is 122 Å². The van der Waals surface area contributed by atoms with Crippen LogP contribution < -0.4 is 16.4 Å². The second-order valence-electron chi connectivity index (χ2n) is 3.24. The van der Waals surface area contributed by atoms with Gasteiger partial charge in [0.05, 0.1) is 12.2 Å². The fourth-order valence-electron chi connectivity index (χ4n) is 1.18. The molecule has 96 valence electrons. The van der Waals surface area contributed by atoms with E-state index < -0.39 is 35.8 Å². The largest absolute Gasteiger partial charge is 0.478 e. The van der Waals surface area contributed by atoms with E-state index >= 15 is 0 Å². The highest BCUT2D eigenvalue weighted by molar-refractivity contribution is 6.00. The van der Waals surface area contributed by atoms with Crippen LogP contribution in [-0.4, -0.2) is 29.6 Å². The molecule has 0 atom stereocenters. The summed E-state index contributed by atoms with van der Waals surface area (Å²) in [6.45, 7) is -0.413. The SMILES string of the molecule is NC(=O)CNC(=O)Nc1cccc(F)c1C(=O)O. The molecule has 0 aliphatic carbocycles. The number of halogens is 1. The number of urea groups is 1. The number of hydrogen-bond donors (Lipinski definition) is 4. The van der Waals surface area contributed by atoms with Crippen molar-refractivity contribution in [3.8, 4) is 0 Å². The number of carbonyl (C=O) groups excluding carboxylic acids is 2. The quantitative estimate of drug-likeness (QED) is 0.610.